The molecule has 9 aromatic carbocycles. The van der Waals surface area contributed by atoms with Gasteiger partial charge in [0, 0.05) is 16.8 Å². The third kappa shape index (κ3) is 5.42. The number of fused-ring (bicyclic) bond motifs is 9. The minimum Gasteiger partial charge on any atom is -0.310 e. The van der Waals surface area contributed by atoms with Gasteiger partial charge in [-0.1, -0.05) is 182 Å². The van der Waals surface area contributed by atoms with Gasteiger partial charge in [0.05, 0.1) is 5.69 Å². The lowest BCUT2D eigenvalue weighted by Gasteiger charge is -2.29. The first kappa shape index (κ1) is 30.8. The molecule has 53 heavy (non-hydrogen) atoms. The molecule has 1 heteroatoms. The highest BCUT2D eigenvalue weighted by atomic mass is 15.1. The smallest absolute Gasteiger partial charge is 0.0540 e. The van der Waals surface area contributed by atoms with Gasteiger partial charge >= 0.3 is 0 Å². The van der Waals surface area contributed by atoms with Gasteiger partial charge in [0.1, 0.15) is 0 Å². The van der Waals surface area contributed by atoms with Crippen molar-refractivity contribution < 1.29 is 0 Å². The molecular formula is C52H35N. The fourth-order valence-electron chi connectivity index (χ4n) is 8.11. The van der Waals surface area contributed by atoms with E-state index in [1.165, 1.54) is 77.5 Å². The lowest BCUT2D eigenvalue weighted by Crippen LogP contribution is -2.11. The average molecular weight is 674 g/mol. The number of rotatable bonds is 5. The predicted octanol–water partition coefficient (Wildman–Crippen LogP) is 14.6. The third-order valence-corrected chi connectivity index (χ3v) is 10.7. The van der Waals surface area contributed by atoms with Crippen LogP contribution in [0.4, 0.5) is 17.1 Å². The highest BCUT2D eigenvalue weighted by Gasteiger charge is 2.24. The van der Waals surface area contributed by atoms with Gasteiger partial charge in [0.2, 0.25) is 0 Å². The van der Waals surface area contributed by atoms with E-state index in [1.54, 1.807) is 0 Å². The van der Waals surface area contributed by atoms with Crippen molar-refractivity contribution in [2.24, 2.45) is 0 Å². The molecule has 1 aliphatic rings. The molecule has 0 bridgehead atoms. The molecular weight excluding hydrogens is 639 g/mol. The summed E-state index contributed by atoms with van der Waals surface area (Å²) in [6.07, 6.45) is 0. The second-order valence-corrected chi connectivity index (χ2v) is 13.7. The first-order chi connectivity index (χ1) is 26.3. The zero-order valence-electron chi connectivity index (χ0n) is 29.2. The normalized spacial score (nSPS) is 11.4. The predicted molar refractivity (Wildman–Crippen MR) is 225 cm³/mol. The van der Waals surface area contributed by atoms with Gasteiger partial charge in [-0.2, -0.15) is 0 Å². The first-order valence-electron chi connectivity index (χ1n) is 18.3. The van der Waals surface area contributed by atoms with Crippen LogP contribution in [-0.4, -0.2) is 0 Å². The SMILES string of the molecule is c1ccc(-c2ccc(-c3ccc(N(c4ccc5c(c4)-c4ccccc4-c4ccccc4-c4ccccc4-5)c4cccc5ccccc45)cc3)cc2)cc1. The Balaban J connectivity index is 1.14. The van der Waals surface area contributed by atoms with Crippen molar-refractivity contribution in [1.29, 1.82) is 0 Å². The van der Waals surface area contributed by atoms with Crippen LogP contribution in [0.3, 0.4) is 0 Å². The summed E-state index contributed by atoms with van der Waals surface area (Å²) in [6, 6.07) is 77.3. The molecule has 0 atom stereocenters. The molecule has 0 fully saturated rings. The van der Waals surface area contributed by atoms with Crippen LogP contribution in [0.25, 0.3) is 77.5 Å². The summed E-state index contributed by atoms with van der Waals surface area (Å²) in [4.78, 5) is 2.42. The summed E-state index contributed by atoms with van der Waals surface area (Å²) in [6.45, 7) is 0. The van der Waals surface area contributed by atoms with Crippen molar-refractivity contribution in [3.8, 4) is 66.8 Å². The minimum absolute atomic E-state index is 1.11. The summed E-state index contributed by atoms with van der Waals surface area (Å²) in [5.41, 5.74) is 18.2. The molecule has 1 nitrogen and oxygen atoms in total. The Labute approximate surface area is 310 Å². The van der Waals surface area contributed by atoms with Gasteiger partial charge in [0.25, 0.3) is 0 Å². The van der Waals surface area contributed by atoms with Gasteiger partial charge in [0.15, 0.2) is 0 Å². The Bertz CT molecular complexity index is 2750. The van der Waals surface area contributed by atoms with Gasteiger partial charge in [-0.05, 0) is 102 Å². The Morgan fingerprint density at radius 1 is 0.245 bits per heavy atom. The Morgan fingerprint density at radius 3 is 1.21 bits per heavy atom. The van der Waals surface area contributed by atoms with E-state index in [2.05, 4.69) is 217 Å². The quantitative estimate of drug-likeness (QED) is 0.176. The summed E-state index contributed by atoms with van der Waals surface area (Å²) < 4.78 is 0. The highest BCUT2D eigenvalue weighted by Crippen LogP contribution is 2.50. The second-order valence-electron chi connectivity index (χ2n) is 13.7. The van der Waals surface area contributed by atoms with Crippen LogP contribution in [0.1, 0.15) is 0 Å². The van der Waals surface area contributed by atoms with Crippen LogP contribution in [0, 0.1) is 0 Å². The monoisotopic (exact) mass is 673 g/mol. The summed E-state index contributed by atoms with van der Waals surface area (Å²) in [7, 11) is 0. The lowest BCUT2D eigenvalue weighted by atomic mass is 9.81. The molecule has 0 N–H and O–H groups in total. The summed E-state index contributed by atoms with van der Waals surface area (Å²) in [5.74, 6) is 0. The molecule has 0 unspecified atom stereocenters. The maximum Gasteiger partial charge on any atom is 0.0540 e. The molecule has 9 aromatic rings. The van der Waals surface area contributed by atoms with Crippen LogP contribution in [0.15, 0.2) is 212 Å². The van der Waals surface area contributed by atoms with Gasteiger partial charge in [-0.15, -0.1) is 0 Å². The van der Waals surface area contributed by atoms with Crippen molar-refractivity contribution >= 4 is 27.8 Å². The number of hydrogen-bond acceptors (Lipinski definition) is 1. The maximum absolute atomic E-state index is 2.42. The molecule has 0 aliphatic heterocycles. The van der Waals surface area contributed by atoms with E-state index in [-0.39, 0.29) is 0 Å². The molecule has 0 radical (unpaired) electrons. The van der Waals surface area contributed by atoms with Crippen molar-refractivity contribution in [1.82, 2.24) is 0 Å². The highest BCUT2D eigenvalue weighted by molar-refractivity contribution is 6.05. The van der Waals surface area contributed by atoms with E-state index < -0.39 is 0 Å². The average Bonchev–Trinajstić information content (AvgIpc) is 3.24. The topological polar surface area (TPSA) is 3.24 Å². The molecule has 1 aliphatic carbocycles. The van der Waals surface area contributed by atoms with Crippen molar-refractivity contribution in [3.05, 3.63) is 212 Å². The Hall–Kier alpha value is -6.96. The molecule has 0 aromatic heterocycles. The third-order valence-electron chi connectivity index (χ3n) is 10.7. The van der Waals surface area contributed by atoms with E-state index in [9.17, 15) is 0 Å². The number of benzene rings is 9. The number of hydrogen-bond donors (Lipinski definition) is 0. The van der Waals surface area contributed by atoms with E-state index in [4.69, 9.17) is 0 Å². The molecule has 0 heterocycles. The van der Waals surface area contributed by atoms with Crippen LogP contribution in [-0.2, 0) is 0 Å². The van der Waals surface area contributed by atoms with Crippen LogP contribution >= 0.6 is 0 Å². The van der Waals surface area contributed by atoms with Gasteiger partial charge < -0.3 is 4.90 Å². The second kappa shape index (κ2) is 13.0. The molecule has 248 valence electrons. The van der Waals surface area contributed by atoms with E-state index in [0.29, 0.717) is 0 Å². The summed E-state index contributed by atoms with van der Waals surface area (Å²) in [5, 5.41) is 2.43. The zero-order chi connectivity index (χ0) is 35.1. The van der Waals surface area contributed by atoms with E-state index in [0.717, 1.165) is 17.1 Å². The minimum atomic E-state index is 1.11. The molecule has 0 saturated heterocycles. The number of anilines is 3. The zero-order valence-corrected chi connectivity index (χ0v) is 29.2. The first-order valence-corrected chi connectivity index (χ1v) is 18.3. The summed E-state index contributed by atoms with van der Waals surface area (Å²) >= 11 is 0. The van der Waals surface area contributed by atoms with E-state index >= 15 is 0 Å². The van der Waals surface area contributed by atoms with Crippen molar-refractivity contribution in [2.45, 2.75) is 0 Å². The standard InChI is InChI=1S/C52H35N/c1-2-13-36(14-3-1)37-25-27-38(28-26-37)39-29-31-41(32-30-39)53(52-24-12-16-40-15-4-5-17-43(40)52)42-33-34-50-48-22-9-8-20-46(48)44-18-6-7-19-45(44)47-21-10-11-23-49(47)51(50)35-42/h1-35H. The maximum atomic E-state index is 2.42. The van der Waals surface area contributed by atoms with Crippen LogP contribution in [0.2, 0.25) is 0 Å². The van der Waals surface area contributed by atoms with E-state index in [1.807, 2.05) is 0 Å². The largest absolute Gasteiger partial charge is 0.310 e. The fourth-order valence-corrected chi connectivity index (χ4v) is 8.11. The molecule has 10 rings (SSSR count). The van der Waals surface area contributed by atoms with Crippen molar-refractivity contribution in [2.75, 3.05) is 4.90 Å². The fraction of sp³-hybridized carbons (Fsp3) is 0. The van der Waals surface area contributed by atoms with Gasteiger partial charge in [-0.3, -0.25) is 0 Å². The van der Waals surface area contributed by atoms with Crippen LogP contribution < -0.4 is 4.90 Å². The lowest BCUT2D eigenvalue weighted by molar-refractivity contribution is 1.30. The molecule has 0 saturated carbocycles. The Morgan fingerprint density at radius 2 is 0.642 bits per heavy atom. The van der Waals surface area contributed by atoms with Crippen LogP contribution in [0.5, 0.6) is 0 Å². The Kier molecular flexibility index (Phi) is 7.55. The molecule has 0 spiro atoms. The van der Waals surface area contributed by atoms with Crippen molar-refractivity contribution in [3.63, 3.8) is 0 Å². The molecule has 0 amide bonds. The number of nitrogens with zero attached hydrogens (tertiary/aromatic N) is 1. The van der Waals surface area contributed by atoms with Gasteiger partial charge in [-0.25, -0.2) is 0 Å².